The molecule has 0 atom stereocenters. The Morgan fingerprint density at radius 1 is 1.18 bits per heavy atom. The molecule has 2 rings (SSSR count). The highest BCUT2D eigenvalue weighted by molar-refractivity contribution is 6.33. The molecular weight excluding hydrogens is 323 g/mol. The highest BCUT2D eigenvalue weighted by atomic mass is 35.5. The van der Waals surface area contributed by atoms with Crippen LogP contribution in [0.2, 0.25) is 10.3 Å². The lowest BCUT2D eigenvalue weighted by Crippen LogP contribution is -2.25. The third-order valence-corrected chi connectivity index (χ3v) is 3.42. The summed E-state index contributed by atoms with van der Waals surface area (Å²) in [6.45, 7) is 3.15. The predicted octanol–water partition coefficient (Wildman–Crippen LogP) is 3.32. The highest BCUT2D eigenvalue weighted by Crippen LogP contribution is 2.18. The molecule has 116 valence electrons. The quantitative estimate of drug-likeness (QED) is 0.626. The Morgan fingerprint density at radius 2 is 1.91 bits per heavy atom. The molecule has 0 saturated heterocycles. The van der Waals surface area contributed by atoms with Crippen LogP contribution >= 0.6 is 23.2 Å². The molecule has 0 unspecified atom stereocenters. The molecule has 1 aromatic carbocycles. The van der Waals surface area contributed by atoms with Crippen molar-refractivity contribution < 1.29 is 4.79 Å². The summed E-state index contributed by atoms with van der Waals surface area (Å²) in [5.41, 5.74) is 1.78. The van der Waals surface area contributed by atoms with Gasteiger partial charge in [0, 0.05) is 18.7 Å². The molecule has 0 aliphatic rings. The number of halogens is 2. The first-order chi connectivity index (χ1) is 10.6. The number of anilines is 1. The van der Waals surface area contributed by atoms with E-state index in [0.29, 0.717) is 29.5 Å². The molecule has 0 bridgehead atoms. The van der Waals surface area contributed by atoms with Crippen molar-refractivity contribution in [2.24, 2.45) is 0 Å². The van der Waals surface area contributed by atoms with Crippen molar-refractivity contribution in [3.8, 4) is 0 Å². The summed E-state index contributed by atoms with van der Waals surface area (Å²) in [5.74, 6) is 0.412. The number of rotatable bonds is 6. The third kappa shape index (κ3) is 4.86. The van der Waals surface area contributed by atoms with Crippen LogP contribution in [0.15, 0.2) is 30.5 Å². The fraction of sp³-hybridized carbons (Fsp3) is 0.267. The Hall–Kier alpha value is -1.85. The van der Waals surface area contributed by atoms with Gasteiger partial charge in [0.2, 0.25) is 5.28 Å². The molecule has 1 heterocycles. The van der Waals surface area contributed by atoms with Crippen molar-refractivity contribution in [1.82, 2.24) is 15.3 Å². The van der Waals surface area contributed by atoms with Crippen molar-refractivity contribution in [2.75, 3.05) is 18.4 Å². The first-order valence-corrected chi connectivity index (χ1v) is 7.58. The van der Waals surface area contributed by atoms with E-state index in [0.717, 1.165) is 12.0 Å². The first-order valence-electron chi connectivity index (χ1n) is 6.83. The van der Waals surface area contributed by atoms with Crippen LogP contribution in [0.5, 0.6) is 0 Å². The average molecular weight is 339 g/mol. The Bertz CT molecular complexity index is 646. The first kappa shape index (κ1) is 16.5. The van der Waals surface area contributed by atoms with E-state index in [1.807, 2.05) is 31.2 Å². The lowest BCUT2D eigenvalue weighted by Gasteiger charge is -2.08. The summed E-state index contributed by atoms with van der Waals surface area (Å²) in [7, 11) is 0. The topological polar surface area (TPSA) is 66.9 Å². The largest absolute Gasteiger partial charge is 0.369 e. The van der Waals surface area contributed by atoms with E-state index in [1.54, 1.807) is 0 Å². The van der Waals surface area contributed by atoms with Gasteiger partial charge < -0.3 is 10.6 Å². The molecule has 7 heteroatoms. The zero-order valence-corrected chi connectivity index (χ0v) is 13.6. The van der Waals surface area contributed by atoms with Gasteiger partial charge in [0.15, 0.2) is 0 Å². The SMILES string of the molecule is Cc1ccc(C(=O)NCCCNc2nc(Cl)ncc2Cl)cc1. The van der Waals surface area contributed by atoms with Gasteiger partial charge in [-0.15, -0.1) is 0 Å². The second-order valence-electron chi connectivity index (χ2n) is 4.74. The minimum atomic E-state index is -0.0805. The number of nitrogens with zero attached hydrogens (tertiary/aromatic N) is 2. The molecule has 0 saturated carbocycles. The zero-order valence-electron chi connectivity index (χ0n) is 12.1. The summed E-state index contributed by atoms with van der Waals surface area (Å²) >= 11 is 11.6. The second-order valence-corrected chi connectivity index (χ2v) is 5.48. The number of benzene rings is 1. The lowest BCUT2D eigenvalue weighted by atomic mass is 10.1. The molecule has 0 spiro atoms. The van der Waals surface area contributed by atoms with E-state index >= 15 is 0 Å². The molecule has 22 heavy (non-hydrogen) atoms. The van der Waals surface area contributed by atoms with E-state index in [4.69, 9.17) is 23.2 Å². The molecule has 0 fully saturated rings. The van der Waals surface area contributed by atoms with Gasteiger partial charge in [-0.2, -0.15) is 4.98 Å². The summed E-state index contributed by atoms with van der Waals surface area (Å²) in [6.07, 6.45) is 2.17. The van der Waals surface area contributed by atoms with Crippen molar-refractivity contribution >= 4 is 34.9 Å². The van der Waals surface area contributed by atoms with E-state index in [1.165, 1.54) is 6.20 Å². The van der Waals surface area contributed by atoms with Gasteiger partial charge >= 0.3 is 0 Å². The fourth-order valence-corrected chi connectivity index (χ4v) is 2.06. The Balaban J connectivity index is 1.72. The fourth-order valence-electron chi connectivity index (χ4n) is 1.77. The standard InChI is InChI=1S/C15H16Cl2N4O/c1-10-3-5-11(6-4-10)14(22)19-8-2-7-18-13-12(16)9-20-15(17)21-13/h3-6,9H,2,7-8H2,1H3,(H,19,22)(H,18,20,21). The van der Waals surface area contributed by atoms with Crippen LogP contribution in [0, 0.1) is 6.92 Å². The van der Waals surface area contributed by atoms with Gasteiger partial charge in [-0.25, -0.2) is 4.98 Å². The van der Waals surface area contributed by atoms with Gasteiger partial charge in [-0.05, 0) is 37.1 Å². The van der Waals surface area contributed by atoms with Gasteiger partial charge in [-0.1, -0.05) is 29.3 Å². The number of hydrogen-bond acceptors (Lipinski definition) is 4. The van der Waals surface area contributed by atoms with Gasteiger partial charge in [0.25, 0.3) is 5.91 Å². The van der Waals surface area contributed by atoms with Crippen LogP contribution in [-0.2, 0) is 0 Å². The smallest absolute Gasteiger partial charge is 0.251 e. The number of aryl methyl sites for hydroxylation is 1. The van der Waals surface area contributed by atoms with Crippen LogP contribution < -0.4 is 10.6 Å². The number of carbonyl (C=O) groups is 1. The monoisotopic (exact) mass is 338 g/mol. The lowest BCUT2D eigenvalue weighted by molar-refractivity contribution is 0.0953. The van der Waals surface area contributed by atoms with E-state index < -0.39 is 0 Å². The molecule has 5 nitrogen and oxygen atoms in total. The zero-order chi connectivity index (χ0) is 15.9. The molecule has 0 aliphatic heterocycles. The minimum absolute atomic E-state index is 0.0805. The number of hydrogen-bond donors (Lipinski definition) is 2. The Labute approximate surface area is 139 Å². The summed E-state index contributed by atoms with van der Waals surface area (Å²) in [5, 5.41) is 6.46. The maximum Gasteiger partial charge on any atom is 0.251 e. The van der Waals surface area contributed by atoms with Crippen molar-refractivity contribution in [2.45, 2.75) is 13.3 Å². The summed E-state index contributed by atoms with van der Waals surface area (Å²) < 4.78 is 0. The molecular formula is C15H16Cl2N4O. The molecule has 2 aromatic rings. The average Bonchev–Trinajstić information content (AvgIpc) is 2.50. The number of aromatic nitrogens is 2. The molecule has 0 aliphatic carbocycles. The molecule has 2 N–H and O–H groups in total. The number of amides is 1. The number of nitrogens with one attached hydrogen (secondary N) is 2. The number of carbonyl (C=O) groups excluding carboxylic acids is 1. The van der Waals surface area contributed by atoms with Crippen LogP contribution in [0.1, 0.15) is 22.3 Å². The van der Waals surface area contributed by atoms with Gasteiger partial charge in [-0.3, -0.25) is 4.79 Å². The van der Waals surface area contributed by atoms with Crippen molar-refractivity contribution in [3.63, 3.8) is 0 Å². The van der Waals surface area contributed by atoms with E-state index in [-0.39, 0.29) is 11.2 Å². The highest BCUT2D eigenvalue weighted by Gasteiger charge is 2.05. The third-order valence-electron chi connectivity index (χ3n) is 2.96. The van der Waals surface area contributed by atoms with Gasteiger partial charge in [0.05, 0.1) is 6.20 Å². The molecule has 0 radical (unpaired) electrons. The Morgan fingerprint density at radius 3 is 2.64 bits per heavy atom. The second kappa shape index (κ2) is 7.96. The van der Waals surface area contributed by atoms with E-state index in [2.05, 4.69) is 20.6 Å². The minimum Gasteiger partial charge on any atom is -0.369 e. The van der Waals surface area contributed by atoms with Crippen LogP contribution in [0.4, 0.5) is 5.82 Å². The van der Waals surface area contributed by atoms with Crippen molar-refractivity contribution in [1.29, 1.82) is 0 Å². The van der Waals surface area contributed by atoms with Crippen LogP contribution in [0.25, 0.3) is 0 Å². The van der Waals surface area contributed by atoms with Crippen molar-refractivity contribution in [3.05, 3.63) is 51.9 Å². The normalized spacial score (nSPS) is 10.3. The van der Waals surface area contributed by atoms with Crippen LogP contribution in [0.3, 0.4) is 0 Å². The Kier molecular flexibility index (Phi) is 5.98. The summed E-state index contributed by atoms with van der Waals surface area (Å²) in [6, 6.07) is 7.45. The van der Waals surface area contributed by atoms with Crippen LogP contribution in [-0.4, -0.2) is 29.0 Å². The molecule has 1 amide bonds. The van der Waals surface area contributed by atoms with E-state index in [9.17, 15) is 4.79 Å². The molecule has 1 aromatic heterocycles. The maximum atomic E-state index is 11.9. The predicted molar refractivity (Wildman–Crippen MR) is 88.7 cm³/mol. The van der Waals surface area contributed by atoms with Gasteiger partial charge in [0.1, 0.15) is 10.8 Å². The summed E-state index contributed by atoms with van der Waals surface area (Å²) in [4.78, 5) is 19.7. The maximum absolute atomic E-state index is 11.9.